The molecule has 6 nitrogen and oxygen atoms in total. The monoisotopic (exact) mass is 328 g/mol. The lowest BCUT2D eigenvalue weighted by Gasteiger charge is -2.16. The molecule has 0 saturated carbocycles. The minimum absolute atomic E-state index is 0.377. The standard InChI is InChI=1S/C16H17ClN6/c1-10-4-18-6-13(10)21-16-8-19-7-14(22-16)12-5-20-23-9-11(17)2-3-15(12)23/h2-3,5,7-10,13,18H,4,6H2,1H3,(H,21,22)/t10-,13+/m1/s1. The van der Waals surface area contributed by atoms with E-state index < -0.39 is 0 Å². The first-order valence-electron chi connectivity index (χ1n) is 7.63. The van der Waals surface area contributed by atoms with Crippen LogP contribution in [0.2, 0.25) is 5.02 Å². The van der Waals surface area contributed by atoms with Crippen molar-refractivity contribution in [3.8, 4) is 11.3 Å². The van der Waals surface area contributed by atoms with E-state index in [1.165, 1.54) is 0 Å². The lowest BCUT2D eigenvalue weighted by atomic mass is 10.1. The fourth-order valence-electron chi connectivity index (χ4n) is 2.91. The summed E-state index contributed by atoms with van der Waals surface area (Å²) >= 11 is 6.00. The Kier molecular flexibility index (Phi) is 3.63. The third-order valence-corrected chi connectivity index (χ3v) is 4.46. The summed E-state index contributed by atoms with van der Waals surface area (Å²) in [5, 5.41) is 11.8. The zero-order valence-electron chi connectivity index (χ0n) is 12.7. The highest BCUT2D eigenvalue weighted by Gasteiger charge is 2.23. The molecular formula is C16H17ClN6. The summed E-state index contributed by atoms with van der Waals surface area (Å²) in [6.45, 7) is 4.20. The van der Waals surface area contributed by atoms with Gasteiger partial charge in [-0.25, -0.2) is 9.50 Å². The molecule has 1 fully saturated rings. The molecule has 0 unspecified atom stereocenters. The van der Waals surface area contributed by atoms with Crippen molar-refractivity contribution >= 4 is 22.9 Å². The molecule has 118 valence electrons. The molecule has 3 aromatic rings. The molecule has 0 aliphatic carbocycles. The Morgan fingerprint density at radius 3 is 3.00 bits per heavy atom. The van der Waals surface area contributed by atoms with Gasteiger partial charge >= 0.3 is 0 Å². The SMILES string of the molecule is C[C@@H]1CNC[C@@H]1Nc1cncc(-c2cnn3cc(Cl)ccc23)n1. The minimum Gasteiger partial charge on any atom is -0.364 e. The largest absolute Gasteiger partial charge is 0.364 e. The average molecular weight is 329 g/mol. The number of aromatic nitrogens is 4. The predicted molar refractivity (Wildman–Crippen MR) is 90.7 cm³/mol. The Morgan fingerprint density at radius 2 is 2.17 bits per heavy atom. The van der Waals surface area contributed by atoms with Crippen molar-refractivity contribution in [2.45, 2.75) is 13.0 Å². The predicted octanol–water partition coefficient (Wildman–Crippen LogP) is 2.46. The Labute approximate surface area is 138 Å². The van der Waals surface area contributed by atoms with E-state index in [0.717, 1.165) is 35.7 Å². The van der Waals surface area contributed by atoms with Crippen molar-refractivity contribution in [3.05, 3.63) is 41.9 Å². The first kappa shape index (κ1) is 14.4. The number of hydrogen-bond acceptors (Lipinski definition) is 5. The van der Waals surface area contributed by atoms with Crippen molar-refractivity contribution in [1.82, 2.24) is 24.9 Å². The second kappa shape index (κ2) is 5.79. The molecule has 3 aromatic heterocycles. The minimum atomic E-state index is 0.377. The van der Waals surface area contributed by atoms with Gasteiger partial charge in [-0.2, -0.15) is 5.10 Å². The Bertz CT molecular complexity index is 845. The van der Waals surface area contributed by atoms with Crippen LogP contribution < -0.4 is 10.6 Å². The van der Waals surface area contributed by atoms with E-state index in [2.05, 4.69) is 27.6 Å². The fraction of sp³-hybridized carbons (Fsp3) is 0.312. The van der Waals surface area contributed by atoms with Gasteiger partial charge in [0.1, 0.15) is 5.82 Å². The van der Waals surface area contributed by atoms with Gasteiger partial charge in [0.15, 0.2) is 0 Å². The van der Waals surface area contributed by atoms with Gasteiger partial charge in [0.25, 0.3) is 0 Å². The molecule has 4 heterocycles. The zero-order chi connectivity index (χ0) is 15.8. The van der Waals surface area contributed by atoms with Crippen LogP contribution in [0, 0.1) is 5.92 Å². The molecule has 0 spiro atoms. The lowest BCUT2D eigenvalue weighted by molar-refractivity contribution is 0.593. The first-order chi connectivity index (χ1) is 11.2. The van der Waals surface area contributed by atoms with Crippen LogP contribution in [-0.4, -0.2) is 38.7 Å². The highest BCUT2D eigenvalue weighted by Crippen LogP contribution is 2.25. The Morgan fingerprint density at radius 1 is 1.26 bits per heavy atom. The first-order valence-corrected chi connectivity index (χ1v) is 8.01. The van der Waals surface area contributed by atoms with Gasteiger partial charge in [0.05, 0.1) is 34.8 Å². The van der Waals surface area contributed by atoms with Crippen LogP contribution in [0.3, 0.4) is 0 Å². The summed E-state index contributed by atoms with van der Waals surface area (Å²) in [7, 11) is 0. The van der Waals surface area contributed by atoms with E-state index in [4.69, 9.17) is 16.6 Å². The van der Waals surface area contributed by atoms with Crippen molar-refractivity contribution < 1.29 is 0 Å². The fourth-order valence-corrected chi connectivity index (χ4v) is 3.07. The van der Waals surface area contributed by atoms with Crippen molar-refractivity contribution in [2.24, 2.45) is 5.92 Å². The van der Waals surface area contributed by atoms with Crippen LogP contribution in [-0.2, 0) is 0 Å². The molecule has 1 aliphatic rings. The van der Waals surface area contributed by atoms with Gasteiger partial charge in [-0.05, 0) is 24.6 Å². The van der Waals surface area contributed by atoms with Crippen LogP contribution in [0.4, 0.5) is 5.82 Å². The molecule has 1 aliphatic heterocycles. The molecule has 1 saturated heterocycles. The molecule has 0 bridgehead atoms. The highest BCUT2D eigenvalue weighted by molar-refractivity contribution is 6.30. The van der Waals surface area contributed by atoms with E-state index in [-0.39, 0.29) is 0 Å². The van der Waals surface area contributed by atoms with Gasteiger partial charge < -0.3 is 10.6 Å². The quantitative estimate of drug-likeness (QED) is 0.773. The van der Waals surface area contributed by atoms with E-state index in [1.54, 1.807) is 29.3 Å². The van der Waals surface area contributed by atoms with Crippen molar-refractivity contribution in [2.75, 3.05) is 18.4 Å². The van der Waals surface area contributed by atoms with E-state index in [0.29, 0.717) is 17.0 Å². The summed E-state index contributed by atoms with van der Waals surface area (Å²) < 4.78 is 1.75. The van der Waals surface area contributed by atoms with Gasteiger partial charge in [-0.15, -0.1) is 0 Å². The van der Waals surface area contributed by atoms with Gasteiger partial charge in [0, 0.05) is 24.3 Å². The number of pyridine rings is 1. The maximum absolute atomic E-state index is 6.00. The van der Waals surface area contributed by atoms with Gasteiger partial charge in [-0.3, -0.25) is 4.98 Å². The topological polar surface area (TPSA) is 67.1 Å². The summed E-state index contributed by atoms with van der Waals surface area (Å²) in [6.07, 6.45) is 7.09. The molecule has 0 amide bonds. The Balaban J connectivity index is 1.67. The number of nitrogens with zero attached hydrogens (tertiary/aromatic N) is 4. The maximum atomic E-state index is 6.00. The van der Waals surface area contributed by atoms with Gasteiger partial charge in [-0.1, -0.05) is 18.5 Å². The normalized spacial score (nSPS) is 21.0. The van der Waals surface area contributed by atoms with Crippen molar-refractivity contribution in [3.63, 3.8) is 0 Å². The number of hydrogen-bond donors (Lipinski definition) is 2. The average Bonchev–Trinajstić information content (AvgIpc) is 3.14. The van der Waals surface area contributed by atoms with Crippen LogP contribution in [0.25, 0.3) is 16.8 Å². The van der Waals surface area contributed by atoms with Crippen LogP contribution in [0.1, 0.15) is 6.92 Å². The molecule has 2 N–H and O–H groups in total. The van der Waals surface area contributed by atoms with Crippen LogP contribution >= 0.6 is 11.6 Å². The lowest BCUT2D eigenvalue weighted by Crippen LogP contribution is -2.27. The molecule has 0 aromatic carbocycles. The molecule has 4 rings (SSSR count). The Hall–Kier alpha value is -2.18. The number of nitrogens with one attached hydrogen (secondary N) is 2. The van der Waals surface area contributed by atoms with Crippen LogP contribution in [0.5, 0.6) is 0 Å². The third kappa shape index (κ3) is 2.75. The van der Waals surface area contributed by atoms with Crippen LogP contribution in [0.15, 0.2) is 36.9 Å². The van der Waals surface area contributed by atoms with E-state index >= 15 is 0 Å². The summed E-state index contributed by atoms with van der Waals surface area (Å²) in [5.41, 5.74) is 2.69. The molecular weight excluding hydrogens is 312 g/mol. The number of anilines is 1. The number of fused-ring (bicyclic) bond motifs is 1. The molecule has 0 radical (unpaired) electrons. The highest BCUT2D eigenvalue weighted by atomic mass is 35.5. The van der Waals surface area contributed by atoms with E-state index in [1.807, 2.05) is 12.1 Å². The number of halogens is 1. The molecule has 2 atom stereocenters. The van der Waals surface area contributed by atoms with Crippen molar-refractivity contribution in [1.29, 1.82) is 0 Å². The number of rotatable bonds is 3. The smallest absolute Gasteiger partial charge is 0.145 e. The van der Waals surface area contributed by atoms with Gasteiger partial charge in [0.2, 0.25) is 0 Å². The second-order valence-corrected chi connectivity index (χ2v) is 6.35. The maximum Gasteiger partial charge on any atom is 0.145 e. The molecule has 7 heteroatoms. The zero-order valence-corrected chi connectivity index (χ0v) is 13.5. The summed E-state index contributed by atoms with van der Waals surface area (Å²) in [5.74, 6) is 1.36. The summed E-state index contributed by atoms with van der Waals surface area (Å²) in [4.78, 5) is 9.02. The third-order valence-electron chi connectivity index (χ3n) is 4.24. The summed E-state index contributed by atoms with van der Waals surface area (Å²) in [6, 6.07) is 4.17. The second-order valence-electron chi connectivity index (χ2n) is 5.91. The van der Waals surface area contributed by atoms with E-state index in [9.17, 15) is 0 Å². The molecule has 23 heavy (non-hydrogen) atoms.